The Labute approximate surface area is 433 Å². The number of phenolic OH excluding ortho intramolecular Hbond substituents is 1. The lowest BCUT2D eigenvalue weighted by atomic mass is 10.0. The Morgan fingerprint density at radius 3 is 1.36 bits per heavy atom. The molecule has 0 aliphatic carbocycles. The first-order valence-electron chi connectivity index (χ1n) is 26.7. The summed E-state index contributed by atoms with van der Waals surface area (Å²) < 4.78 is 0. The quantitative estimate of drug-likeness (QED) is 0.0419. The number of amides is 9. The number of rotatable bonds is 43. The summed E-state index contributed by atoms with van der Waals surface area (Å²) in [5, 5.41) is 28.0. The molecule has 414 valence electrons. The van der Waals surface area contributed by atoms with E-state index in [1.54, 1.807) is 0 Å². The number of aromatic hydroxyl groups is 1. The summed E-state index contributed by atoms with van der Waals surface area (Å²) in [5.74, 6) is -6.42. The first kappa shape index (κ1) is 65.2. The van der Waals surface area contributed by atoms with E-state index in [1.807, 2.05) is 13.8 Å². The molecule has 9 amide bonds. The molecule has 0 saturated carbocycles. The Kier molecular flexibility index (Phi) is 35.4. The lowest BCUT2D eigenvalue weighted by molar-refractivity contribution is -0.135. The second kappa shape index (κ2) is 39.7. The van der Waals surface area contributed by atoms with Crippen LogP contribution in [0.3, 0.4) is 0 Å². The molecule has 1 aromatic rings. The molecule has 0 aliphatic rings. The molecule has 73 heavy (non-hydrogen) atoms. The van der Waals surface area contributed by atoms with Gasteiger partial charge in [-0.05, 0) is 94.5 Å². The largest absolute Gasteiger partial charge is 0.508 e. The summed E-state index contributed by atoms with van der Waals surface area (Å²) in [4.78, 5) is 118. The highest BCUT2D eigenvalue weighted by molar-refractivity contribution is 5.97. The maximum absolute atomic E-state index is 14.1. The standard InChI is InChI=1S/C52H91N11O10/c1-4-5-6-7-8-9-10-11-12-13-14-15-16-23-45(66)57-34-46(67)58-35-47(68)59-43(33-37-24-26-38(64)27-25-37)52(73)62-41(28-29-44(55)65)51(72)61-39(21-17-19-30-53)49(70)60-40(22-18-20-31-54)50(71)63-42(48(56)69)32-36(2)3/h24-27,36,39-43,64H,4-23,28-35,53-54H2,1-3H3,(H2,55,65)(H2,56,69)(H,57,66)(H,58,67)(H,59,68)(H,60,70)(H,61,72)(H,62,73)(H,63,71)/t39-,40-,41-,42?,43-/m0/s1. The molecule has 21 nitrogen and oxygen atoms in total. The molecule has 1 unspecified atom stereocenters. The van der Waals surface area contributed by atoms with Crippen molar-refractivity contribution in [1.29, 1.82) is 0 Å². The Balaban J connectivity index is 3.04. The minimum absolute atomic E-state index is 0.00952. The zero-order valence-corrected chi connectivity index (χ0v) is 44.0. The minimum atomic E-state index is -1.47. The van der Waals surface area contributed by atoms with Gasteiger partial charge in [-0.15, -0.1) is 0 Å². The smallest absolute Gasteiger partial charge is 0.243 e. The van der Waals surface area contributed by atoms with Crippen LogP contribution >= 0.6 is 0 Å². The van der Waals surface area contributed by atoms with Crippen molar-refractivity contribution < 1.29 is 48.3 Å². The Hall–Kier alpha value is -5.83. The Bertz CT molecular complexity index is 1820. The number of nitrogens with two attached hydrogens (primary N) is 4. The van der Waals surface area contributed by atoms with Crippen LogP contribution in [0, 0.1) is 5.92 Å². The van der Waals surface area contributed by atoms with Gasteiger partial charge < -0.3 is 65.3 Å². The summed E-state index contributed by atoms with van der Waals surface area (Å²) in [7, 11) is 0. The number of carbonyl (C=O) groups excluding carboxylic acids is 9. The molecule has 0 spiro atoms. The van der Waals surface area contributed by atoms with E-state index in [0.717, 1.165) is 19.3 Å². The second-order valence-corrected chi connectivity index (χ2v) is 19.4. The van der Waals surface area contributed by atoms with Gasteiger partial charge in [0.05, 0.1) is 13.1 Å². The highest BCUT2D eigenvalue weighted by Gasteiger charge is 2.33. The molecule has 0 radical (unpaired) electrons. The van der Waals surface area contributed by atoms with Crippen LogP contribution in [0.4, 0.5) is 0 Å². The average molecular weight is 1030 g/mol. The van der Waals surface area contributed by atoms with Gasteiger partial charge in [-0.3, -0.25) is 43.2 Å². The number of unbranched alkanes of at least 4 members (excludes halogenated alkanes) is 14. The van der Waals surface area contributed by atoms with Gasteiger partial charge in [0.25, 0.3) is 0 Å². The third-order valence-corrected chi connectivity index (χ3v) is 12.3. The fourth-order valence-electron chi connectivity index (χ4n) is 8.02. The van der Waals surface area contributed by atoms with E-state index in [2.05, 4.69) is 44.1 Å². The first-order valence-corrected chi connectivity index (χ1v) is 26.7. The molecule has 0 aliphatic heterocycles. The van der Waals surface area contributed by atoms with Crippen molar-refractivity contribution in [3.05, 3.63) is 29.8 Å². The van der Waals surface area contributed by atoms with Crippen LogP contribution in [0.1, 0.15) is 174 Å². The summed E-state index contributed by atoms with van der Waals surface area (Å²) in [5.41, 5.74) is 22.9. The highest BCUT2D eigenvalue weighted by atomic mass is 16.3. The van der Waals surface area contributed by atoms with Gasteiger partial charge in [0, 0.05) is 19.3 Å². The van der Waals surface area contributed by atoms with Crippen LogP contribution in [-0.2, 0) is 49.6 Å². The lowest BCUT2D eigenvalue weighted by Gasteiger charge is -2.27. The third-order valence-electron chi connectivity index (χ3n) is 12.3. The molecule has 5 atom stereocenters. The van der Waals surface area contributed by atoms with Gasteiger partial charge in [-0.25, -0.2) is 0 Å². The van der Waals surface area contributed by atoms with Crippen molar-refractivity contribution >= 4 is 53.2 Å². The number of carbonyl (C=O) groups is 9. The number of primary amides is 2. The summed E-state index contributed by atoms with van der Waals surface area (Å²) in [6, 6.07) is -0.433. The van der Waals surface area contributed by atoms with Crippen molar-refractivity contribution in [3.63, 3.8) is 0 Å². The van der Waals surface area contributed by atoms with E-state index in [0.29, 0.717) is 44.2 Å². The topological polar surface area (TPSA) is 362 Å². The number of nitrogens with one attached hydrogen (secondary N) is 7. The van der Waals surface area contributed by atoms with Crippen LogP contribution in [-0.4, -0.2) is 115 Å². The van der Waals surface area contributed by atoms with E-state index < -0.39 is 84.0 Å². The number of hydrogen-bond donors (Lipinski definition) is 12. The predicted molar refractivity (Wildman–Crippen MR) is 281 cm³/mol. The second-order valence-electron chi connectivity index (χ2n) is 19.4. The van der Waals surface area contributed by atoms with Crippen molar-refractivity contribution in [1.82, 2.24) is 37.2 Å². The molecule has 0 heterocycles. The van der Waals surface area contributed by atoms with E-state index in [1.165, 1.54) is 82.1 Å². The lowest BCUT2D eigenvalue weighted by Crippen LogP contribution is -2.59. The van der Waals surface area contributed by atoms with Crippen LogP contribution in [0.15, 0.2) is 24.3 Å². The number of benzene rings is 1. The molecule has 16 N–H and O–H groups in total. The minimum Gasteiger partial charge on any atom is -0.508 e. The SMILES string of the molecule is CCCCCCCCCCCCCCCC(=O)NCC(=O)NCC(=O)N[C@@H](Cc1ccc(O)cc1)C(=O)N[C@@H](CCC(N)=O)C(=O)N[C@@H](CCCCN)C(=O)N[C@@H](CCCCN)C(=O)NC(CC(C)C)C(N)=O. The van der Waals surface area contributed by atoms with Crippen molar-refractivity contribution in [2.24, 2.45) is 28.9 Å². The Morgan fingerprint density at radius 1 is 0.479 bits per heavy atom. The molecule has 1 rings (SSSR count). The summed E-state index contributed by atoms with van der Waals surface area (Å²) in [6.07, 6.45) is 17.1. The van der Waals surface area contributed by atoms with Crippen LogP contribution in [0.25, 0.3) is 0 Å². The van der Waals surface area contributed by atoms with Crippen molar-refractivity contribution in [2.45, 2.75) is 205 Å². The summed E-state index contributed by atoms with van der Waals surface area (Å²) >= 11 is 0. The van der Waals surface area contributed by atoms with Crippen LogP contribution in [0.2, 0.25) is 0 Å². The third kappa shape index (κ3) is 32.1. The zero-order chi connectivity index (χ0) is 54.4. The molecular weight excluding hydrogens is 939 g/mol. The van der Waals surface area contributed by atoms with Crippen LogP contribution in [0.5, 0.6) is 5.75 Å². The Morgan fingerprint density at radius 2 is 0.904 bits per heavy atom. The van der Waals surface area contributed by atoms with Crippen molar-refractivity contribution in [3.8, 4) is 5.75 Å². The van der Waals surface area contributed by atoms with Gasteiger partial charge in [-0.2, -0.15) is 0 Å². The highest BCUT2D eigenvalue weighted by Crippen LogP contribution is 2.15. The van der Waals surface area contributed by atoms with E-state index in [-0.39, 0.29) is 75.6 Å². The molecular formula is C52H91N11O10. The molecule has 21 heteroatoms. The molecule has 0 aromatic heterocycles. The fourth-order valence-corrected chi connectivity index (χ4v) is 8.02. The average Bonchev–Trinajstić information content (AvgIpc) is 3.34. The maximum atomic E-state index is 14.1. The van der Waals surface area contributed by atoms with Gasteiger partial charge in [0.1, 0.15) is 36.0 Å². The van der Waals surface area contributed by atoms with Gasteiger partial charge in [0.15, 0.2) is 0 Å². The first-order chi connectivity index (χ1) is 34.9. The normalized spacial score (nSPS) is 13.1. The van der Waals surface area contributed by atoms with Gasteiger partial charge in [-0.1, -0.05) is 110 Å². The molecule has 0 bridgehead atoms. The molecule has 0 saturated heterocycles. The van der Waals surface area contributed by atoms with Crippen LogP contribution < -0.4 is 60.2 Å². The maximum Gasteiger partial charge on any atom is 0.243 e. The van der Waals surface area contributed by atoms with E-state index in [9.17, 15) is 48.3 Å². The predicted octanol–water partition coefficient (Wildman–Crippen LogP) is 2.13. The fraction of sp³-hybridized carbons (Fsp3) is 0.712. The van der Waals surface area contributed by atoms with Crippen molar-refractivity contribution in [2.75, 3.05) is 26.2 Å². The van der Waals surface area contributed by atoms with Gasteiger partial charge in [0.2, 0.25) is 53.2 Å². The summed E-state index contributed by atoms with van der Waals surface area (Å²) in [6.45, 7) is 5.62. The monoisotopic (exact) mass is 1030 g/mol. The number of phenols is 1. The van der Waals surface area contributed by atoms with Gasteiger partial charge >= 0.3 is 0 Å². The van der Waals surface area contributed by atoms with E-state index >= 15 is 0 Å². The van der Waals surface area contributed by atoms with E-state index in [4.69, 9.17) is 22.9 Å². The molecule has 0 fully saturated rings. The zero-order valence-electron chi connectivity index (χ0n) is 44.0. The number of hydrogen-bond acceptors (Lipinski definition) is 12. The molecule has 1 aromatic carbocycles.